The highest BCUT2D eigenvalue weighted by Gasteiger charge is 1.35. The zero-order valence-electron chi connectivity index (χ0n) is 5.21. The van der Waals surface area contributed by atoms with Gasteiger partial charge in [-0.15, -0.1) is 0 Å². The number of rotatable bonds is 0. The summed E-state index contributed by atoms with van der Waals surface area (Å²) in [6.07, 6.45) is 1.25. The van der Waals surface area contributed by atoms with E-state index in [9.17, 15) is 0 Å². The molecule has 0 spiro atoms. The molecule has 0 aromatic carbocycles. The van der Waals surface area contributed by atoms with Gasteiger partial charge in [0.2, 0.25) is 0 Å². The van der Waals surface area contributed by atoms with Crippen LogP contribution in [0.15, 0.2) is 0 Å². The highest BCUT2D eigenvalue weighted by atomic mass is 14.7. The fraction of sp³-hybridized carbons (Fsp3) is 1.00. The van der Waals surface area contributed by atoms with E-state index in [0.717, 1.165) is 0 Å². The lowest BCUT2D eigenvalue weighted by Crippen LogP contribution is -1.89. The van der Waals surface area contributed by atoms with Crippen LogP contribution in [-0.4, -0.2) is 14.1 Å². The van der Waals surface area contributed by atoms with Crippen molar-refractivity contribution in [2.45, 2.75) is 27.7 Å². The Balaban J connectivity index is -0.0000000160. The summed E-state index contributed by atoms with van der Waals surface area (Å²) < 4.78 is 0. The molecule has 0 aromatic rings. The van der Waals surface area contributed by atoms with Gasteiger partial charge in [0.1, 0.15) is 0 Å². The van der Waals surface area contributed by atoms with Crippen molar-refractivity contribution in [2.75, 3.05) is 14.1 Å². The fourth-order valence-corrected chi connectivity index (χ4v) is 0. The molecule has 0 aliphatic heterocycles. The van der Waals surface area contributed by atoms with Gasteiger partial charge in [0.25, 0.3) is 0 Å². The molecule has 0 bridgehead atoms. The minimum atomic E-state index is 0. The van der Waals surface area contributed by atoms with Crippen LogP contribution in [0.4, 0.5) is 0 Å². The molecule has 1 N–H and O–H groups in total. The van der Waals surface area contributed by atoms with Gasteiger partial charge < -0.3 is 5.32 Å². The Bertz CT molecular complexity index is 10.5. The Kier molecular flexibility index (Phi) is 86.0. The summed E-state index contributed by atoms with van der Waals surface area (Å²) in [6, 6.07) is 0. The van der Waals surface area contributed by atoms with Crippen LogP contribution in [-0.2, 0) is 0 Å². The molecule has 7 heavy (non-hydrogen) atoms. The van der Waals surface area contributed by atoms with Gasteiger partial charge in [-0.2, -0.15) is 0 Å². The second-order valence-corrected chi connectivity index (χ2v) is 1.21. The second-order valence-electron chi connectivity index (χ2n) is 1.21. The van der Waals surface area contributed by atoms with Crippen LogP contribution in [0.1, 0.15) is 29.1 Å². The molecule has 0 saturated carbocycles. The lowest BCUT2D eigenvalue weighted by atomic mass is 10.6. The Labute approximate surface area is 49.6 Å². The standard InChI is InChI=1S/C3H8.C2H7N.CH4.H2/c2*1-3-2;;/h3H2,1-2H3;3H,1-2H3;1H4;1H. The largest absolute Gasteiger partial charge is 0.323 e. The molecule has 0 amide bonds. The van der Waals surface area contributed by atoms with Gasteiger partial charge in [-0.05, 0) is 14.1 Å². The van der Waals surface area contributed by atoms with Crippen molar-refractivity contribution in [2.24, 2.45) is 0 Å². The van der Waals surface area contributed by atoms with Crippen LogP contribution in [0.5, 0.6) is 0 Å². The van der Waals surface area contributed by atoms with Gasteiger partial charge in [-0.25, -0.2) is 0 Å². The van der Waals surface area contributed by atoms with E-state index in [0.29, 0.717) is 0 Å². The molecule has 50 valence electrons. The van der Waals surface area contributed by atoms with Crippen LogP contribution in [0.2, 0.25) is 0 Å². The van der Waals surface area contributed by atoms with Crippen molar-refractivity contribution in [3.63, 3.8) is 0 Å². The van der Waals surface area contributed by atoms with Gasteiger partial charge in [0.05, 0.1) is 0 Å². The molecule has 1 nitrogen and oxygen atoms in total. The van der Waals surface area contributed by atoms with Crippen molar-refractivity contribution >= 4 is 0 Å². The molecular weight excluding hydrogens is 86.1 g/mol. The first-order valence-corrected chi connectivity index (χ1v) is 2.41. The van der Waals surface area contributed by atoms with E-state index in [4.69, 9.17) is 0 Å². The summed E-state index contributed by atoms with van der Waals surface area (Å²) in [5.41, 5.74) is 0. The molecule has 0 aromatic heterocycles. The molecule has 0 aliphatic rings. The Morgan fingerprint density at radius 2 is 1.29 bits per heavy atom. The van der Waals surface area contributed by atoms with Gasteiger partial charge in [0, 0.05) is 1.43 Å². The van der Waals surface area contributed by atoms with Crippen LogP contribution in [0, 0.1) is 0 Å². The lowest BCUT2D eigenvalue weighted by molar-refractivity contribution is 1.02. The summed E-state index contributed by atoms with van der Waals surface area (Å²) in [7, 11) is 3.75. The number of hydrogen-bond donors (Lipinski definition) is 1. The van der Waals surface area contributed by atoms with E-state index in [1.54, 1.807) is 0 Å². The predicted molar refractivity (Wildman–Crippen MR) is 39.8 cm³/mol. The number of nitrogens with one attached hydrogen (secondary N) is 1. The van der Waals surface area contributed by atoms with Crippen molar-refractivity contribution in [1.82, 2.24) is 5.32 Å². The maximum Gasteiger partial charge on any atom is 0 e. The zero-order valence-corrected chi connectivity index (χ0v) is 5.21. The van der Waals surface area contributed by atoms with Crippen LogP contribution < -0.4 is 5.32 Å². The highest BCUT2D eigenvalue weighted by Crippen LogP contribution is 1.56. The number of hydrogen-bond acceptors (Lipinski definition) is 1. The fourth-order valence-electron chi connectivity index (χ4n) is 0. The third kappa shape index (κ3) is 58400. The minimum absolute atomic E-state index is 0. The average Bonchev–Trinajstić information content (AvgIpc) is 1.39. The molecule has 0 heterocycles. The van der Waals surface area contributed by atoms with Gasteiger partial charge in [-0.1, -0.05) is 27.7 Å². The first-order chi connectivity index (χ1) is 2.83. The SMILES string of the molecule is C.CCC.CNC.[HH]. The monoisotopic (exact) mass is 107 g/mol. The van der Waals surface area contributed by atoms with E-state index >= 15 is 0 Å². The van der Waals surface area contributed by atoms with Crippen LogP contribution in [0.25, 0.3) is 0 Å². The van der Waals surface area contributed by atoms with E-state index in [1.807, 2.05) is 14.1 Å². The first kappa shape index (κ1) is 15.8. The average molecular weight is 107 g/mol. The highest BCUT2D eigenvalue weighted by molar-refractivity contribution is 3.92. The molecule has 1 heteroatoms. The van der Waals surface area contributed by atoms with Crippen molar-refractivity contribution in [1.29, 1.82) is 0 Å². The third-order valence-corrected chi connectivity index (χ3v) is 0. The molecule has 0 unspecified atom stereocenters. The summed E-state index contributed by atoms with van der Waals surface area (Å²) in [5, 5.41) is 2.75. The van der Waals surface area contributed by atoms with Gasteiger partial charge >= 0.3 is 0 Å². The lowest BCUT2D eigenvalue weighted by Gasteiger charge is -1.59. The molecule has 0 rings (SSSR count). The van der Waals surface area contributed by atoms with Gasteiger partial charge in [-0.3, -0.25) is 0 Å². The Morgan fingerprint density at radius 1 is 1.29 bits per heavy atom. The van der Waals surface area contributed by atoms with E-state index in [1.165, 1.54) is 6.42 Å². The molecule has 0 saturated heterocycles. The van der Waals surface area contributed by atoms with E-state index < -0.39 is 0 Å². The van der Waals surface area contributed by atoms with Crippen molar-refractivity contribution in [3.8, 4) is 0 Å². The first-order valence-electron chi connectivity index (χ1n) is 2.41. The Hall–Kier alpha value is -0.0400. The molecule has 0 radical (unpaired) electrons. The summed E-state index contributed by atoms with van der Waals surface area (Å²) in [6.45, 7) is 4.25. The molecule has 0 aliphatic carbocycles. The van der Waals surface area contributed by atoms with Crippen molar-refractivity contribution < 1.29 is 1.43 Å². The Morgan fingerprint density at radius 3 is 1.29 bits per heavy atom. The quantitative estimate of drug-likeness (QED) is 0.500. The zero-order chi connectivity index (χ0) is 5.41. The third-order valence-electron chi connectivity index (χ3n) is 0. The smallest absolute Gasteiger partial charge is 0 e. The van der Waals surface area contributed by atoms with E-state index in [-0.39, 0.29) is 8.85 Å². The van der Waals surface area contributed by atoms with Crippen LogP contribution >= 0.6 is 0 Å². The molecular formula is C6H21N. The molecule has 0 atom stereocenters. The second kappa shape index (κ2) is 38.2. The normalized spacial score (nSPS) is 5.14. The van der Waals surface area contributed by atoms with Crippen molar-refractivity contribution in [3.05, 3.63) is 0 Å². The topological polar surface area (TPSA) is 12.0 Å². The summed E-state index contributed by atoms with van der Waals surface area (Å²) >= 11 is 0. The van der Waals surface area contributed by atoms with Gasteiger partial charge in [0.15, 0.2) is 0 Å². The minimum Gasteiger partial charge on any atom is -0.323 e. The molecule has 0 fully saturated rings. The summed E-state index contributed by atoms with van der Waals surface area (Å²) in [5.74, 6) is 0. The van der Waals surface area contributed by atoms with Crippen LogP contribution in [0.3, 0.4) is 0 Å². The maximum absolute atomic E-state index is 2.75. The summed E-state index contributed by atoms with van der Waals surface area (Å²) in [4.78, 5) is 0. The maximum atomic E-state index is 2.75. The van der Waals surface area contributed by atoms with E-state index in [2.05, 4.69) is 19.2 Å². The predicted octanol–water partition coefficient (Wildman–Crippen LogP) is 2.13.